The topological polar surface area (TPSA) is 101 Å². The lowest BCUT2D eigenvalue weighted by atomic mass is 9.95. The van der Waals surface area contributed by atoms with Gasteiger partial charge in [-0.15, -0.1) is 0 Å². The van der Waals surface area contributed by atoms with Gasteiger partial charge in [0.05, 0.1) is 10.6 Å². The molecule has 0 aromatic heterocycles. The van der Waals surface area contributed by atoms with Gasteiger partial charge in [0.2, 0.25) is 5.91 Å². The monoisotopic (exact) mass is 427 g/mol. The molecule has 7 nitrogen and oxygen atoms in total. The van der Waals surface area contributed by atoms with Crippen LogP contribution in [0.5, 0.6) is 0 Å². The molecule has 2 aromatic rings. The fourth-order valence-electron chi connectivity index (χ4n) is 4.14. The first-order chi connectivity index (χ1) is 14.3. The second-order valence-corrected chi connectivity index (χ2v) is 9.81. The number of sulfonamides is 1. The Morgan fingerprint density at radius 3 is 2.30 bits per heavy atom. The normalized spacial score (nSPS) is 17.1. The maximum absolute atomic E-state index is 13.1. The van der Waals surface area contributed by atoms with Crippen LogP contribution in [0.1, 0.15) is 34.3 Å². The number of aryl methyl sites for hydroxylation is 1. The van der Waals surface area contributed by atoms with Crippen LogP contribution in [0.4, 0.5) is 5.69 Å². The molecule has 2 N–H and O–H groups in total. The zero-order valence-corrected chi connectivity index (χ0v) is 17.7. The number of amides is 2. The maximum Gasteiger partial charge on any atom is 0.264 e. The lowest BCUT2D eigenvalue weighted by molar-refractivity contribution is -0.123. The van der Waals surface area contributed by atoms with E-state index in [9.17, 15) is 18.0 Å². The van der Waals surface area contributed by atoms with Crippen molar-refractivity contribution in [3.05, 3.63) is 59.2 Å². The highest BCUT2D eigenvalue weighted by atomic mass is 32.2. The molecule has 1 saturated heterocycles. The fourth-order valence-corrected chi connectivity index (χ4v) is 5.64. The minimum atomic E-state index is -3.64. The summed E-state index contributed by atoms with van der Waals surface area (Å²) in [6.45, 7) is 3.26. The van der Waals surface area contributed by atoms with Crippen molar-refractivity contribution in [2.75, 3.05) is 23.9 Å². The smallest absolute Gasteiger partial charge is 0.264 e. The Labute approximate surface area is 176 Å². The molecule has 2 aliphatic rings. The minimum absolute atomic E-state index is 0.0967. The third-order valence-electron chi connectivity index (χ3n) is 5.97. The van der Waals surface area contributed by atoms with Gasteiger partial charge in [0.1, 0.15) is 0 Å². The Morgan fingerprint density at radius 2 is 1.67 bits per heavy atom. The molecular formula is C22H25N3O4S. The van der Waals surface area contributed by atoms with Crippen molar-refractivity contribution >= 4 is 27.5 Å². The number of carbonyl (C=O) groups excluding carboxylic acids is 2. The van der Waals surface area contributed by atoms with Crippen LogP contribution in [-0.2, 0) is 21.2 Å². The van der Waals surface area contributed by atoms with Crippen molar-refractivity contribution in [3.63, 3.8) is 0 Å². The molecule has 30 heavy (non-hydrogen) atoms. The van der Waals surface area contributed by atoms with Gasteiger partial charge in [-0.1, -0.05) is 17.7 Å². The van der Waals surface area contributed by atoms with E-state index in [1.165, 1.54) is 4.31 Å². The molecule has 2 aromatic carbocycles. The maximum atomic E-state index is 13.1. The van der Waals surface area contributed by atoms with Crippen molar-refractivity contribution in [1.82, 2.24) is 4.90 Å². The SMILES string of the molecule is Cc1ccc(S(=O)(=O)N2CCc3cc(C(=O)N4CCC(C(N)=O)CC4)ccc32)cc1. The number of nitrogens with zero attached hydrogens (tertiary/aromatic N) is 2. The zero-order chi connectivity index (χ0) is 21.5. The van der Waals surface area contributed by atoms with Gasteiger partial charge >= 0.3 is 0 Å². The van der Waals surface area contributed by atoms with E-state index in [1.807, 2.05) is 6.92 Å². The Hall–Kier alpha value is -2.87. The number of likely N-dealkylation sites (tertiary alicyclic amines) is 1. The van der Waals surface area contributed by atoms with Gasteiger partial charge in [-0.05, 0) is 62.1 Å². The summed E-state index contributed by atoms with van der Waals surface area (Å²) in [6.07, 6.45) is 1.72. The summed E-state index contributed by atoms with van der Waals surface area (Å²) in [5, 5.41) is 0. The van der Waals surface area contributed by atoms with Gasteiger partial charge in [-0.2, -0.15) is 0 Å². The molecule has 2 heterocycles. The molecule has 0 radical (unpaired) electrons. The molecule has 0 aliphatic carbocycles. The number of hydrogen-bond acceptors (Lipinski definition) is 4. The first-order valence-corrected chi connectivity index (χ1v) is 11.5. The third-order valence-corrected chi connectivity index (χ3v) is 7.80. The van der Waals surface area contributed by atoms with Gasteiger partial charge in [0, 0.05) is 31.1 Å². The Balaban J connectivity index is 1.53. The van der Waals surface area contributed by atoms with Gasteiger partial charge in [-0.3, -0.25) is 13.9 Å². The van der Waals surface area contributed by atoms with Crippen LogP contribution >= 0.6 is 0 Å². The van der Waals surface area contributed by atoms with E-state index >= 15 is 0 Å². The molecule has 1 fully saturated rings. The van der Waals surface area contributed by atoms with E-state index in [0.717, 1.165) is 11.1 Å². The molecule has 4 rings (SSSR count). The molecule has 158 valence electrons. The van der Waals surface area contributed by atoms with Crippen molar-refractivity contribution in [1.29, 1.82) is 0 Å². The van der Waals surface area contributed by atoms with Crippen LogP contribution in [0, 0.1) is 12.8 Å². The Kier molecular flexibility index (Phi) is 5.27. The predicted molar refractivity (Wildman–Crippen MR) is 114 cm³/mol. The number of fused-ring (bicyclic) bond motifs is 1. The van der Waals surface area contributed by atoms with Gasteiger partial charge in [0.15, 0.2) is 0 Å². The highest BCUT2D eigenvalue weighted by Crippen LogP contribution is 2.34. The summed E-state index contributed by atoms with van der Waals surface area (Å²) in [6, 6.07) is 12.0. The molecular weight excluding hydrogens is 402 g/mol. The van der Waals surface area contributed by atoms with Gasteiger partial charge in [0.25, 0.3) is 15.9 Å². The van der Waals surface area contributed by atoms with Crippen LogP contribution < -0.4 is 10.0 Å². The van der Waals surface area contributed by atoms with E-state index in [4.69, 9.17) is 5.73 Å². The molecule has 2 amide bonds. The van der Waals surface area contributed by atoms with Crippen LogP contribution in [0.2, 0.25) is 0 Å². The zero-order valence-electron chi connectivity index (χ0n) is 16.9. The highest BCUT2D eigenvalue weighted by Gasteiger charge is 2.32. The number of nitrogens with two attached hydrogens (primary N) is 1. The average molecular weight is 428 g/mol. The lowest BCUT2D eigenvalue weighted by Gasteiger charge is -2.30. The van der Waals surface area contributed by atoms with E-state index in [1.54, 1.807) is 47.4 Å². The highest BCUT2D eigenvalue weighted by molar-refractivity contribution is 7.92. The standard InChI is InChI=1S/C22H25N3O4S/c1-15-2-5-19(6-3-15)30(28,29)25-13-10-17-14-18(4-7-20(17)25)22(27)24-11-8-16(9-12-24)21(23)26/h2-7,14,16H,8-13H2,1H3,(H2,23,26). The second-order valence-electron chi connectivity index (χ2n) is 7.95. The van der Waals surface area contributed by atoms with Crippen molar-refractivity contribution in [3.8, 4) is 0 Å². The predicted octanol–water partition coefficient (Wildman–Crippen LogP) is 2.08. The molecule has 0 saturated carbocycles. The Morgan fingerprint density at radius 1 is 1.00 bits per heavy atom. The van der Waals surface area contributed by atoms with E-state index < -0.39 is 10.0 Å². The molecule has 0 spiro atoms. The molecule has 0 unspecified atom stereocenters. The third kappa shape index (κ3) is 3.67. The number of anilines is 1. The summed E-state index contributed by atoms with van der Waals surface area (Å²) in [5.74, 6) is -0.579. The summed E-state index contributed by atoms with van der Waals surface area (Å²) in [4.78, 5) is 26.2. The van der Waals surface area contributed by atoms with E-state index in [-0.39, 0.29) is 22.6 Å². The number of benzene rings is 2. The average Bonchev–Trinajstić information content (AvgIpc) is 3.17. The summed E-state index contributed by atoms with van der Waals surface area (Å²) in [5.41, 5.74) is 8.38. The van der Waals surface area contributed by atoms with Gasteiger partial charge < -0.3 is 10.6 Å². The summed E-state index contributed by atoms with van der Waals surface area (Å²) >= 11 is 0. The first kappa shape index (κ1) is 20.4. The number of piperidine rings is 1. The number of rotatable bonds is 4. The Bertz CT molecular complexity index is 1090. The quantitative estimate of drug-likeness (QED) is 0.807. The number of hydrogen-bond donors (Lipinski definition) is 1. The van der Waals surface area contributed by atoms with Crippen molar-refractivity contribution in [2.24, 2.45) is 11.7 Å². The fraction of sp³-hybridized carbons (Fsp3) is 0.364. The van der Waals surface area contributed by atoms with Crippen LogP contribution in [0.25, 0.3) is 0 Å². The first-order valence-electron chi connectivity index (χ1n) is 10.1. The second kappa shape index (κ2) is 7.75. The minimum Gasteiger partial charge on any atom is -0.369 e. The van der Waals surface area contributed by atoms with E-state index in [0.29, 0.717) is 50.1 Å². The van der Waals surface area contributed by atoms with Crippen molar-refractivity contribution in [2.45, 2.75) is 31.1 Å². The summed E-state index contributed by atoms with van der Waals surface area (Å²) in [7, 11) is -3.64. The lowest BCUT2D eigenvalue weighted by Crippen LogP contribution is -2.41. The molecule has 2 aliphatic heterocycles. The van der Waals surface area contributed by atoms with E-state index in [2.05, 4.69) is 0 Å². The molecule has 0 bridgehead atoms. The van der Waals surface area contributed by atoms with Gasteiger partial charge in [-0.25, -0.2) is 8.42 Å². The largest absolute Gasteiger partial charge is 0.369 e. The van der Waals surface area contributed by atoms with Crippen LogP contribution in [0.3, 0.4) is 0 Å². The van der Waals surface area contributed by atoms with Crippen LogP contribution in [0.15, 0.2) is 47.4 Å². The number of primary amides is 1. The van der Waals surface area contributed by atoms with Crippen LogP contribution in [-0.4, -0.2) is 44.8 Å². The molecule has 8 heteroatoms. The number of carbonyl (C=O) groups is 2. The van der Waals surface area contributed by atoms with Crippen molar-refractivity contribution < 1.29 is 18.0 Å². The molecule has 0 atom stereocenters. The summed E-state index contributed by atoms with van der Waals surface area (Å²) < 4.78 is 27.6.